The summed E-state index contributed by atoms with van der Waals surface area (Å²) < 4.78 is 4.94. The lowest BCUT2D eigenvalue weighted by Gasteiger charge is -2.21. The van der Waals surface area contributed by atoms with E-state index >= 15 is 0 Å². The summed E-state index contributed by atoms with van der Waals surface area (Å²) in [5, 5.41) is 6.77. The summed E-state index contributed by atoms with van der Waals surface area (Å²) in [5.41, 5.74) is 2.02. The number of aryl methyl sites for hydroxylation is 1. The standard InChI is InChI=1S/C18H28N2O2S/c1-14-12-16(23-15-6-4-3-5-7-15)8-9-17(14)20-18(21)13-19-10-11-22-2/h8-9,12,15,19H,3-7,10-11,13H2,1-2H3,(H,20,21). The van der Waals surface area contributed by atoms with E-state index < -0.39 is 0 Å². The second-order valence-corrected chi connectivity index (χ2v) is 7.45. The number of rotatable bonds is 8. The lowest BCUT2D eigenvalue weighted by atomic mass is 10.0. The largest absolute Gasteiger partial charge is 0.383 e. The van der Waals surface area contributed by atoms with Gasteiger partial charge in [0.2, 0.25) is 5.91 Å². The van der Waals surface area contributed by atoms with Crippen molar-refractivity contribution in [2.45, 2.75) is 49.2 Å². The topological polar surface area (TPSA) is 50.4 Å². The number of hydrogen-bond acceptors (Lipinski definition) is 4. The van der Waals surface area contributed by atoms with Crippen LogP contribution >= 0.6 is 11.8 Å². The number of anilines is 1. The average molecular weight is 337 g/mol. The van der Waals surface area contributed by atoms with Crippen LogP contribution in [0.1, 0.15) is 37.7 Å². The number of benzene rings is 1. The zero-order valence-corrected chi connectivity index (χ0v) is 15.0. The number of hydrogen-bond donors (Lipinski definition) is 2. The summed E-state index contributed by atoms with van der Waals surface area (Å²) in [6.45, 7) is 3.65. The minimum absolute atomic E-state index is 0.0168. The monoisotopic (exact) mass is 336 g/mol. The Hall–Kier alpha value is -1.04. The van der Waals surface area contributed by atoms with Gasteiger partial charge >= 0.3 is 0 Å². The van der Waals surface area contributed by atoms with Crippen molar-refractivity contribution in [3.63, 3.8) is 0 Å². The molecule has 4 nitrogen and oxygen atoms in total. The number of amides is 1. The molecule has 2 rings (SSSR count). The van der Waals surface area contributed by atoms with E-state index in [0.717, 1.165) is 16.5 Å². The van der Waals surface area contributed by atoms with Crippen LogP contribution in [0.15, 0.2) is 23.1 Å². The molecule has 2 N–H and O–H groups in total. The van der Waals surface area contributed by atoms with E-state index in [0.29, 0.717) is 19.7 Å². The third-order valence-electron chi connectivity index (χ3n) is 4.10. The predicted octanol–water partition coefficient (Wildman–Crippen LogP) is 3.59. The Kier molecular flexibility index (Phi) is 7.92. The molecule has 0 radical (unpaired) electrons. The summed E-state index contributed by atoms with van der Waals surface area (Å²) in [7, 11) is 1.65. The molecule has 0 atom stereocenters. The molecule has 5 heteroatoms. The van der Waals surface area contributed by atoms with Crippen LogP contribution in [0.25, 0.3) is 0 Å². The molecule has 0 spiro atoms. The van der Waals surface area contributed by atoms with Crippen molar-refractivity contribution in [2.75, 3.05) is 32.1 Å². The van der Waals surface area contributed by atoms with E-state index in [9.17, 15) is 4.79 Å². The number of methoxy groups -OCH3 is 1. The van der Waals surface area contributed by atoms with E-state index in [4.69, 9.17) is 4.74 Å². The quantitative estimate of drug-likeness (QED) is 0.712. The van der Waals surface area contributed by atoms with Crippen LogP contribution in [0.5, 0.6) is 0 Å². The molecule has 1 amide bonds. The molecule has 1 aromatic carbocycles. The first-order valence-electron chi connectivity index (χ1n) is 8.46. The number of ether oxygens (including phenoxy) is 1. The van der Waals surface area contributed by atoms with Crippen LogP contribution in [-0.4, -0.2) is 38.0 Å². The molecule has 0 unspecified atom stereocenters. The molecule has 1 fully saturated rings. The fraction of sp³-hybridized carbons (Fsp3) is 0.611. The van der Waals surface area contributed by atoms with Crippen molar-refractivity contribution in [2.24, 2.45) is 0 Å². The van der Waals surface area contributed by atoms with Gasteiger partial charge in [-0.1, -0.05) is 19.3 Å². The zero-order chi connectivity index (χ0) is 16.5. The molecule has 0 aromatic heterocycles. The van der Waals surface area contributed by atoms with E-state index in [2.05, 4.69) is 29.7 Å². The molecule has 1 aliphatic rings. The van der Waals surface area contributed by atoms with Gasteiger partial charge in [-0.05, 0) is 43.5 Å². The molecule has 0 heterocycles. The Morgan fingerprint density at radius 1 is 1.30 bits per heavy atom. The van der Waals surface area contributed by atoms with Crippen LogP contribution < -0.4 is 10.6 Å². The van der Waals surface area contributed by atoms with Crippen LogP contribution in [0, 0.1) is 6.92 Å². The van der Waals surface area contributed by atoms with Crippen molar-refractivity contribution in [1.82, 2.24) is 5.32 Å². The number of carbonyl (C=O) groups is 1. The summed E-state index contributed by atoms with van der Waals surface area (Å²) in [6, 6.07) is 6.33. The Morgan fingerprint density at radius 3 is 2.78 bits per heavy atom. The van der Waals surface area contributed by atoms with Gasteiger partial charge in [-0.3, -0.25) is 4.79 Å². The van der Waals surface area contributed by atoms with Gasteiger partial charge in [-0.15, -0.1) is 11.8 Å². The second kappa shape index (κ2) is 9.96. The molecule has 1 saturated carbocycles. The van der Waals surface area contributed by atoms with Crippen molar-refractivity contribution >= 4 is 23.4 Å². The van der Waals surface area contributed by atoms with Crippen LogP contribution in [0.2, 0.25) is 0 Å². The van der Waals surface area contributed by atoms with Gasteiger partial charge in [0.15, 0.2) is 0 Å². The normalized spacial score (nSPS) is 15.6. The average Bonchev–Trinajstić information content (AvgIpc) is 2.55. The zero-order valence-electron chi connectivity index (χ0n) is 14.2. The van der Waals surface area contributed by atoms with E-state index in [1.807, 2.05) is 17.8 Å². The number of nitrogens with one attached hydrogen (secondary N) is 2. The van der Waals surface area contributed by atoms with E-state index in [-0.39, 0.29) is 5.91 Å². The summed E-state index contributed by atoms with van der Waals surface area (Å²) >= 11 is 1.99. The first kappa shape index (κ1) is 18.3. The van der Waals surface area contributed by atoms with Crippen molar-refractivity contribution in [1.29, 1.82) is 0 Å². The highest BCUT2D eigenvalue weighted by Gasteiger charge is 2.15. The Morgan fingerprint density at radius 2 is 2.09 bits per heavy atom. The maximum Gasteiger partial charge on any atom is 0.238 e. The molecule has 1 aliphatic carbocycles. The summed E-state index contributed by atoms with van der Waals surface area (Å²) in [4.78, 5) is 13.2. The Labute approximate surface area is 143 Å². The van der Waals surface area contributed by atoms with Crippen molar-refractivity contribution < 1.29 is 9.53 Å². The Balaban J connectivity index is 1.82. The van der Waals surface area contributed by atoms with Crippen LogP contribution in [0.3, 0.4) is 0 Å². The van der Waals surface area contributed by atoms with Crippen molar-refractivity contribution in [3.8, 4) is 0 Å². The predicted molar refractivity (Wildman–Crippen MR) is 97.3 cm³/mol. The highest BCUT2D eigenvalue weighted by atomic mass is 32.2. The highest BCUT2D eigenvalue weighted by Crippen LogP contribution is 2.34. The fourth-order valence-corrected chi connectivity index (χ4v) is 4.14. The first-order chi connectivity index (χ1) is 11.2. The van der Waals surface area contributed by atoms with Gasteiger partial charge in [0.05, 0.1) is 13.2 Å². The van der Waals surface area contributed by atoms with Crippen LogP contribution in [0.4, 0.5) is 5.69 Å². The maximum absolute atomic E-state index is 11.9. The Bertz CT molecular complexity index is 502. The lowest BCUT2D eigenvalue weighted by Crippen LogP contribution is -2.30. The third-order valence-corrected chi connectivity index (χ3v) is 5.43. The van der Waals surface area contributed by atoms with E-state index in [1.165, 1.54) is 37.0 Å². The maximum atomic E-state index is 11.9. The minimum Gasteiger partial charge on any atom is -0.383 e. The third kappa shape index (κ3) is 6.53. The molecule has 0 saturated heterocycles. The molecule has 1 aromatic rings. The highest BCUT2D eigenvalue weighted by molar-refractivity contribution is 8.00. The van der Waals surface area contributed by atoms with Crippen LogP contribution in [-0.2, 0) is 9.53 Å². The number of thioether (sulfide) groups is 1. The second-order valence-electron chi connectivity index (χ2n) is 6.07. The molecular weight excluding hydrogens is 308 g/mol. The minimum atomic E-state index is -0.0168. The van der Waals surface area contributed by atoms with Gasteiger partial charge < -0.3 is 15.4 Å². The first-order valence-corrected chi connectivity index (χ1v) is 9.34. The fourth-order valence-electron chi connectivity index (χ4n) is 2.80. The molecule has 23 heavy (non-hydrogen) atoms. The molecule has 0 bridgehead atoms. The van der Waals surface area contributed by atoms with Gasteiger partial charge in [-0.25, -0.2) is 0 Å². The summed E-state index contributed by atoms with van der Waals surface area (Å²) in [6.07, 6.45) is 6.77. The SMILES string of the molecule is COCCNCC(=O)Nc1ccc(SC2CCCCC2)cc1C. The molecular formula is C18H28N2O2S. The van der Waals surface area contributed by atoms with Gasteiger partial charge in [0.25, 0.3) is 0 Å². The molecule has 0 aliphatic heterocycles. The van der Waals surface area contributed by atoms with Gasteiger partial charge in [0, 0.05) is 29.5 Å². The number of carbonyl (C=O) groups excluding carboxylic acids is 1. The van der Waals surface area contributed by atoms with E-state index in [1.54, 1.807) is 7.11 Å². The lowest BCUT2D eigenvalue weighted by molar-refractivity contribution is -0.115. The van der Waals surface area contributed by atoms with Gasteiger partial charge in [0.1, 0.15) is 0 Å². The molecule has 128 valence electrons. The van der Waals surface area contributed by atoms with Gasteiger partial charge in [-0.2, -0.15) is 0 Å². The smallest absolute Gasteiger partial charge is 0.238 e. The van der Waals surface area contributed by atoms with Crippen molar-refractivity contribution in [3.05, 3.63) is 23.8 Å². The summed E-state index contributed by atoms with van der Waals surface area (Å²) in [5.74, 6) is -0.0168.